The molecule has 1 N–H and O–H groups in total. The summed E-state index contributed by atoms with van der Waals surface area (Å²) < 4.78 is 0. The van der Waals surface area contributed by atoms with E-state index in [1.165, 1.54) is 5.56 Å². The number of nitrogens with one attached hydrogen (secondary N) is 1. The first-order valence-electron chi connectivity index (χ1n) is 5.27. The minimum Gasteiger partial charge on any atom is -0.383 e. The lowest BCUT2D eigenvalue weighted by molar-refractivity contribution is -0.131. The van der Waals surface area contributed by atoms with Crippen molar-refractivity contribution in [1.82, 2.24) is 4.90 Å². The molecule has 1 aromatic rings. The van der Waals surface area contributed by atoms with Gasteiger partial charge in [0.2, 0.25) is 5.91 Å². The standard InChI is InChI=1S/C12H16N2O/c1-9-7-13-12-6-4-3-5-11(12)8-14(9)10(2)15/h3-6,9,13H,7-8H2,1-2H3/t9-/m0/s1. The Labute approximate surface area is 90.1 Å². The Balaban J connectivity index is 2.31. The predicted molar refractivity (Wildman–Crippen MR) is 60.6 cm³/mol. The van der Waals surface area contributed by atoms with Gasteiger partial charge in [-0.25, -0.2) is 0 Å². The van der Waals surface area contributed by atoms with E-state index < -0.39 is 0 Å². The number of hydrogen-bond donors (Lipinski definition) is 1. The fraction of sp³-hybridized carbons (Fsp3) is 0.417. The van der Waals surface area contributed by atoms with Crippen LogP contribution in [0.4, 0.5) is 5.69 Å². The fourth-order valence-corrected chi connectivity index (χ4v) is 1.96. The van der Waals surface area contributed by atoms with Crippen molar-refractivity contribution in [2.24, 2.45) is 0 Å². The van der Waals surface area contributed by atoms with Crippen LogP contribution in [0.3, 0.4) is 0 Å². The Hall–Kier alpha value is -1.51. The average Bonchev–Trinajstić information content (AvgIpc) is 2.39. The van der Waals surface area contributed by atoms with E-state index in [0.29, 0.717) is 6.54 Å². The minimum atomic E-state index is 0.140. The number of hydrogen-bond acceptors (Lipinski definition) is 2. The van der Waals surface area contributed by atoms with E-state index in [2.05, 4.69) is 24.4 Å². The second-order valence-corrected chi connectivity index (χ2v) is 4.03. The van der Waals surface area contributed by atoms with Gasteiger partial charge in [-0.15, -0.1) is 0 Å². The first kappa shape index (κ1) is 10.0. The molecule has 3 heteroatoms. The summed E-state index contributed by atoms with van der Waals surface area (Å²) in [6, 6.07) is 8.39. The smallest absolute Gasteiger partial charge is 0.220 e. The Morgan fingerprint density at radius 2 is 2.20 bits per heavy atom. The Morgan fingerprint density at radius 3 is 2.93 bits per heavy atom. The van der Waals surface area contributed by atoms with E-state index in [4.69, 9.17) is 0 Å². The molecule has 0 bridgehead atoms. The minimum absolute atomic E-state index is 0.140. The number of fused-ring (bicyclic) bond motifs is 1. The van der Waals surface area contributed by atoms with E-state index in [1.807, 2.05) is 17.0 Å². The number of benzene rings is 1. The van der Waals surface area contributed by atoms with Crippen LogP contribution in [-0.4, -0.2) is 23.4 Å². The number of nitrogens with zero attached hydrogens (tertiary/aromatic N) is 1. The number of para-hydroxylation sites is 1. The number of carbonyl (C=O) groups is 1. The Bertz CT molecular complexity index is 376. The van der Waals surface area contributed by atoms with Crippen LogP contribution in [0.2, 0.25) is 0 Å². The normalized spacial score (nSPS) is 20.1. The molecule has 0 spiro atoms. The summed E-state index contributed by atoms with van der Waals surface area (Å²) in [4.78, 5) is 13.4. The predicted octanol–water partition coefficient (Wildman–Crippen LogP) is 1.85. The molecule has 0 aliphatic carbocycles. The van der Waals surface area contributed by atoms with Crippen LogP contribution in [-0.2, 0) is 11.3 Å². The molecular formula is C12H16N2O. The van der Waals surface area contributed by atoms with Gasteiger partial charge in [0, 0.05) is 31.7 Å². The number of amides is 1. The zero-order valence-corrected chi connectivity index (χ0v) is 9.16. The van der Waals surface area contributed by atoms with Gasteiger partial charge < -0.3 is 10.2 Å². The third-order valence-electron chi connectivity index (χ3n) is 2.88. The third kappa shape index (κ3) is 1.96. The highest BCUT2D eigenvalue weighted by Crippen LogP contribution is 2.21. The topological polar surface area (TPSA) is 32.3 Å². The van der Waals surface area contributed by atoms with E-state index in [1.54, 1.807) is 6.92 Å². The number of carbonyl (C=O) groups excluding carboxylic acids is 1. The molecule has 0 saturated carbocycles. The van der Waals surface area contributed by atoms with Crippen LogP contribution in [0.5, 0.6) is 0 Å². The molecule has 1 aliphatic heterocycles. The highest BCUT2D eigenvalue weighted by atomic mass is 16.2. The van der Waals surface area contributed by atoms with Crippen LogP contribution in [0.1, 0.15) is 19.4 Å². The van der Waals surface area contributed by atoms with Crippen LogP contribution in [0.25, 0.3) is 0 Å². The summed E-state index contributed by atoms with van der Waals surface area (Å²) in [6.45, 7) is 5.22. The van der Waals surface area contributed by atoms with Gasteiger partial charge in [-0.05, 0) is 18.6 Å². The van der Waals surface area contributed by atoms with Crippen molar-refractivity contribution in [3.05, 3.63) is 29.8 Å². The van der Waals surface area contributed by atoms with Gasteiger partial charge in [-0.1, -0.05) is 18.2 Å². The van der Waals surface area contributed by atoms with Crippen molar-refractivity contribution in [3.63, 3.8) is 0 Å². The lowest BCUT2D eigenvalue weighted by Crippen LogP contribution is -2.38. The van der Waals surface area contributed by atoms with Gasteiger partial charge in [0.15, 0.2) is 0 Å². The monoisotopic (exact) mass is 204 g/mol. The number of rotatable bonds is 0. The summed E-state index contributed by atoms with van der Waals surface area (Å²) in [7, 11) is 0. The molecule has 1 amide bonds. The summed E-state index contributed by atoms with van der Waals surface area (Å²) in [5.41, 5.74) is 2.34. The molecule has 80 valence electrons. The molecule has 2 rings (SSSR count). The van der Waals surface area contributed by atoms with Crippen molar-refractivity contribution >= 4 is 11.6 Å². The van der Waals surface area contributed by atoms with Crippen molar-refractivity contribution in [3.8, 4) is 0 Å². The van der Waals surface area contributed by atoms with Gasteiger partial charge in [0.05, 0.1) is 0 Å². The summed E-state index contributed by atoms with van der Waals surface area (Å²) in [5, 5.41) is 3.37. The maximum absolute atomic E-state index is 11.5. The van der Waals surface area contributed by atoms with Crippen LogP contribution in [0.15, 0.2) is 24.3 Å². The Kier molecular flexibility index (Phi) is 2.62. The second-order valence-electron chi connectivity index (χ2n) is 4.03. The van der Waals surface area contributed by atoms with Gasteiger partial charge in [-0.2, -0.15) is 0 Å². The molecule has 0 fully saturated rings. The first-order chi connectivity index (χ1) is 7.18. The van der Waals surface area contributed by atoms with Gasteiger partial charge in [0.25, 0.3) is 0 Å². The summed E-state index contributed by atoms with van der Waals surface area (Å²) in [6.07, 6.45) is 0. The zero-order chi connectivity index (χ0) is 10.8. The largest absolute Gasteiger partial charge is 0.383 e. The average molecular weight is 204 g/mol. The van der Waals surface area contributed by atoms with Crippen molar-refractivity contribution in [2.75, 3.05) is 11.9 Å². The molecule has 1 aromatic carbocycles. The second kappa shape index (κ2) is 3.93. The molecule has 3 nitrogen and oxygen atoms in total. The molecule has 0 unspecified atom stereocenters. The van der Waals surface area contributed by atoms with Gasteiger partial charge in [0.1, 0.15) is 0 Å². The fourth-order valence-electron chi connectivity index (χ4n) is 1.96. The zero-order valence-electron chi connectivity index (χ0n) is 9.16. The van der Waals surface area contributed by atoms with Crippen molar-refractivity contribution in [1.29, 1.82) is 0 Å². The number of anilines is 1. The first-order valence-corrected chi connectivity index (χ1v) is 5.27. The van der Waals surface area contributed by atoms with Crippen LogP contribution < -0.4 is 5.32 Å². The van der Waals surface area contributed by atoms with Gasteiger partial charge in [-0.3, -0.25) is 4.79 Å². The molecule has 1 heterocycles. The Morgan fingerprint density at radius 1 is 1.47 bits per heavy atom. The molecule has 1 atom stereocenters. The SMILES string of the molecule is CC(=O)N1Cc2ccccc2NC[C@@H]1C. The van der Waals surface area contributed by atoms with E-state index in [9.17, 15) is 4.79 Å². The van der Waals surface area contributed by atoms with Crippen molar-refractivity contribution < 1.29 is 4.79 Å². The summed E-state index contributed by atoms with van der Waals surface area (Å²) in [5.74, 6) is 0.140. The molecular weight excluding hydrogens is 188 g/mol. The maximum atomic E-state index is 11.5. The highest BCUT2D eigenvalue weighted by molar-refractivity contribution is 5.74. The van der Waals surface area contributed by atoms with Crippen LogP contribution in [0, 0.1) is 0 Å². The molecule has 0 radical (unpaired) electrons. The molecule has 0 saturated heterocycles. The van der Waals surface area contributed by atoms with Crippen LogP contribution >= 0.6 is 0 Å². The molecule has 1 aliphatic rings. The van der Waals surface area contributed by atoms with Gasteiger partial charge >= 0.3 is 0 Å². The molecule has 15 heavy (non-hydrogen) atoms. The van der Waals surface area contributed by atoms with E-state index in [0.717, 1.165) is 12.2 Å². The van der Waals surface area contributed by atoms with Crippen molar-refractivity contribution in [2.45, 2.75) is 26.4 Å². The lowest BCUT2D eigenvalue weighted by atomic mass is 10.1. The highest BCUT2D eigenvalue weighted by Gasteiger charge is 2.21. The third-order valence-corrected chi connectivity index (χ3v) is 2.88. The molecule has 0 aromatic heterocycles. The maximum Gasteiger partial charge on any atom is 0.220 e. The van der Waals surface area contributed by atoms with E-state index in [-0.39, 0.29) is 11.9 Å². The summed E-state index contributed by atoms with van der Waals surface area (Å²) >= 11 is 0. The quantitative estimate of drug-likeness (QED) is 0.699. The van der Waals surface area contributed by atoms with E-state index >= 15 is 0 Å². The lowest BCUT2D eigenvalue weighted by Gasteiger charge is -2.25.